The predicted octanol–water partition coefficient (Wildman–Crippen LogP) is 4.63. The second-order valence-corrected chi connectivity index (χ2v) is 5.96. The molecule has 0 N–H and O–H groups in total. The van der Waals surface area contributed by atoms with Crippen LogP contribution >= 0.6 is 0 Å². The third kappa shape index (κ3) is 8.32. The number of carbonyl (C=O) groups is 1. The van der Waals surface area contributed by atoms with Crippen LogP contribution in [0.25, 0.3) is 0 Å². The molecule has 0 bridgehead atoms. The number of hydrogen-bond donors (Lipinski definition) is 0. The Bertz CT molecular complexity index is 262. The summed E-state index contributed by atoms with van der Waals surface area (Å²) in [5, 5.41) is 0. The molecule has 1 unspecified atom stereocenters. The summed E-state index contributed by atoms with van der Waals surface area (Å²) in [6, 6.07) is -0.110. The lowest BCUT2D eigenvalue weighted by atomic mass is 9.96. The molecular formula is C16H30NO+. The Kier molecular flexibility index (Phi) is 8.78. The van der Waals surface area contributed by atoms with Crippen molar-refractivity contribution in [2.45, 2.75) is 79.7 Å². The number of carbonyl (C=O) groups excluding carboxylic acids is 1. The highest BCUT2D eigenvalue weighted by Crippen LogP contribution is 2.15. The van der Waals surface area contributed by atoms with Crippen molar-refractivity contribution in [2.75, 3.05) is 0 Å². The van der Waals surface area contributed by atoms with Crippen molar-refractivity contribution >= 4 is 11.5 Å². The molecule has 0 saturated heterocycles. The van der Waals surface area contributed by atoms with Gasteiger partial charge in [0.15, 0.2) is 5.78 Å². The lowest BCUT2D eigenvalue weighted by Crippen LogP contribution is -2.24. The molecule has 0 spiro atoms. The molecule has 0 saturated carbocycles. The van der Waals surface area contributed by atoms with Crippen molar-refractivity contribution < 1.29 is 4.79 Å². The molecule has 0 heterocycles. The predicted molar refractivity (Wildman–Crippen MR) is 80.1 cm³/mol. The summed E-state index contributed by atoms with van der Waals surface area (Å²) in [7, 11) is 0. The third-order valence-corrected chi connectivity index (χ3v) is 2.97. The fourth-order valence-corrected chi connectivity index (χ4v) is 1.96. The molecule has 0 aromatic heterocycles. The van der Waals surface area contributed by atoms with Gasteiger partial charge in [-0.2, -0.15) is 0 Å². The van der Waals surface area contributed by atoms with Crippen molar-refractivity contribution in [1.82, 2.24) is 0 Å². The highest BCUT2D eigenvalue weighted by atomic mass is 16.1. The van der Waals surface area contributed by atoms with E-state index in [0.29, 0.717) is 0 Å². The lowest BCUT2D eigenvalue weighted by Gasteiger charge is -2.14. The second-order valence-electron chi connectivity index (χ2n) is 5.96. The minimum Gasteiger partial charge on any atom is -0.297 e. The van der Waals surface area contributed by atoms with Crippen LogP contribution in [0.4, 0.5) is 0 Å². The topological polar surface area (TPSA) is 29.4 Å². The third-order valence-electron chi connectivity index (χ3n) is 2.97. The molecule has 0 aliphatic carbocycles. The Morgan fingerprint density at radius 3 is 2.17 bits per heavy atom. The molecule has 0 aromatic rings. The molecule has 104 valence electrons. The van der Waals surface area contributed by atoms with E-state index in [-0.39, 0.29) is 17.7 Å². The van der Waals surface area contributed by atoms with Gasteiger partial charge in [-0.25, -0.2) is 0 Å². The number of Topliss-reactive ketones (excluding diaryl/α,β-unsaturated/α-hetero) is 1. The first-order valence-electron chi connectivity index (χ1n) is 7.18. The van der Waals surface area contributed by atoms with Gasteiger partial charge in [0.1, 0.15) is 6.04 Å². The zero-order valence-electron chi connectivity index (χ0n) is 13.0. The average Bonchev–Trinajstić information content (AvgIpc) is 2.24. The molecule has 18 heavy (non-hydrogen) atoms. The minimum absolute atomic E-state index is 0.0873. The van der Waals surface area contributed by atoms with Gasteiger partial charge in [-0.1, -0.05) is 20.3 Å². The largest absolute Gasteiger partial charge is 0.297 e. The maximum Gasteiger partial charge on any atom is 0.159 e. The van der Waals surface area contributed by atoms with Crippen LogP contribution in [0, 0.1) is 11.8 Å². The van der Waals surface area contributed by atoms with Gasteiger partial charge in [0.25, 0.3) is 0 Å². The minimum atomic E-state index is -0.110. The van der Waals surface area contributed by atoms with Crippen LogP contribution in [-0.2, 0) is 4.79 Å². The summed E-state index contributed by atoms with van der Waals surface area (Å²) in [6.45, 7) is 12.2. The number of hydrogen-bond acceptors (Lipinski definition) is 2. The van der Waals surface area contributed by atoms with E-state index in [0.717, 1.165) is 18.6 Å². The van der Waals surface area contributed by atoms with Gasteiger partial charge in [0, 0.05) is 11.6 Å². The molecular weight excluding hydrogens is 222 g/mol. The Morgan fingerprint density at radius 2 is 1.72 bits per heavy atom. The fraction of sp³-hybridized carbons (Fsp3) is 0.812. The van der Waals surface area contributed by atoms with E-state index in [9.17, 15) is 4.79 Å². The Balaban J connectivity index is 4.11. The summed E-state index contributed by atoms with van der Waals surface area (Å²) in [5.41, 5.74) is 1.01. The summed E-state index contributed by atoms with van der Waals surface area (Å²) >= 11 is 0. The fourth-order valence-electron chi connectivity index (χ4n) is 1.96. The van der Waals surface area contributed by atoms with Crippen molar-refractivity contribution in [1.29, 1.82) is 0 Å². The van der Waals surface area contributed by atoms with Gasteiger partial charge >= 0.3 is 0 Å². The van der Waals surface area contributed by atoms with Gasteiger partial charge in [-0.3, -0.25) is 9.79 Å². The molecule has 1 atom stereocenters. The first-order chi connectivity index (χ1) is 8.34. The van der Waals surface area contributed by atoms with Crippen molar-refractivity contribution in [3.05, 3.63) is 5.92 Å². The van der Waals surface area contributed by atoms with Gasteiger partial charge < -0.3 is 0 Å². The van der Waals surface area contributed by atoms with E-state index in [1.165, 1.54) is 25.2 Å². The summed E-state index contributed by atoms with van der Waals surface area (Å²) in [5.74, 6) is 1.87. The molecule has 0 radical (unpaired) electrons. The van der Waals surface area contributed by atoms with Crippen molar-refractivity contribution in [3.8, 4) is 0 Å². The van der Waals surface area contributed by atoms with Crippen LogP contribution in [0.1, 0.15) is 73.6 Å². The molecule has 0 aliphatic rings. The standard InChI is InChI=1S/C16H30NO/c1-12(2)10-8-7-9-11-15(17-14(5)6)16(18)13(3)4/h13,15H,7-11H2,1-6H3/q+1. The molecule has 0 fully saturated rings. The SMILES string of the molecule is CC(C)=NC(CCCCC[C+](C)C)C(=O)C(C)C. The Morgan fingerprint density at radius 1 is 1.11 bits per heavy atom. The van der Waals surface area contributed by atoms with Crippen LogP contribution in [0.5, 0.6) is 0 Å². The number of ketones is 1. The maximum atomic E-state index is 12.0. The van der Waals surface area contributed by atoms with Gasteiger partial charge in [-0.15, -0.1) is 0 Å². The van der Waals surface area contributed by atoms with Crippen molar-refractivity contribution in [3.63, 3.8) is 0 Å². The van der Waals surface area contributed by atoms with Gasteiger partial charge in [0.05, 0.1) is 26.2 Å². The average molecular weight is 252 g/mol. The zero-order chi connectivity index (χ0) is 14.1. The highest BCUT2D eigenvalue weighted by Gasteiger charge is 2.19. The highest BCUT2D eigenvalue weighted by molar-refractivity contribution is 5.89. The molecule has 2 heteroatoms. The number of unbranched alkanes of at least 4 members (excludes halogenated alkanes) is 2. The summed E-state index contributed by atoms with van der Waals surface area (Å²) in [4.78, 5) is 16.5. The van der Waals surface area contributed by atoms with Crippen LogP contribution in [0.2, 0.25) is 0 Å². The maximum absolute atomic E-state index is 12.0. The second kappa shape index (κ2) is 9.18. The van der Waals surface area contributed by atoms with Crippen LogP contribution in [0.15, 0.2) is 4.99 Å². The zero-order valence-corrected chi connectivity index (χ0v) is 13.0. The van der Waals surface area contributed by atoms with E-state index in [1.807, 2.05) is 27.7 Å². The smallest absolute Gasteiger partial charge is 0.159 e. The Hall–Kier alpha value is -0.790. The first kappa shape index (κ1) is 17.2. The monoisotopic (exact) mass is 252 g/mol. The first-order valence-corrected chi connectivity index (χ1v) is 7.18. The molecule has 0 aromatic carbocycles. The number of rotatable bonds is 9. The van der Waals surface area contributed by atoms with E-state index >= 15 is 0 Å². The van der Waals surface area contributed by atoms with E-state index in [4.69, 9.17) is 0 Å². The van der Waals surface area contributed by atoms with Gasteiger partial charge in [-0.05, 0) is 33.1 Å². The van der Waals surface area contributed by atoms with Crippen molar-refractivity contribution in [2.24, 2.45) is 10.9 Å². The van der Waals surface area contributed by atoms with Crippen LogP contribution < -0.4 is 0 Å². The number of aliphatic imine (C=N–C) groups is 1. The molecule has 0 amide bonds. The van der Waals surface area contributed by atoms with Crippen LogP contribution in [0.3, 0.4) is 0 Å². The van der Waals surface area contributed by atoms with Gasteiger partial charge in [0.2, 0.25) is 0 Å². The summed E-state index contributed by atoms with van der Waals surface area (Å²) in [6.07, 6.45) is 5.65. The quantitative estimate of drug-likeness (QED) is 0.334. The van der Waals surface area contributed by atoms with Crippen LogP contribution in [-0.4, -0.2) is 17.5 Å². The number of nitrogens with zero attached hydrogens (tertiary/aromatic N) is 1. The summed E-state index contributed by atoms with van der Waals surface area (Å²) < 4.78 is 0. The molecule has 0 rings (SSSR count). The molecule has 2 nitrogen and oxygen atoms in total. The molecule has 0 aliphatic heterocycles. The normalized spacial score (nSPS) is 12.4. The Labute approximate surface area is 113 Å². The van der Waals surface area contributed by atoms with E-state index < -0.39 is 0 Å². The van der Waals surface area contributed by atoms with E-state index in [1.54, 1.807) is 0 Å². The lowest BCUT2D eigenvalue weighted by molar-refractivity contribution is -0.123. The van der Waals surface area contributed by atoms with E-state index in [2.05, 4.69) is 18.8 Å².